The molecule has 0 spiro atoms. The van der Waals surface area contributed by atoms with Crippen molar-refractivity contribution in [2.75, 3.05) is 14.1 Å². The molecule has 1 unspecified atom stereocenters. The van der Waals surface area contributed by atoms with Crippen molar-refractivity contribution in [3.63, 3.8) is 0 Å². The van der Waals surface area contributed by atoms with E-state index in [0.717, 1.165) is 11.1 Å². The Morgan fingerprint density at radius 1 is 1.26 bits per heavy atom. The Labute approximate surface area is 146 Å². The van der Waals surface area contributed by atoms with Gasteiger partial charge in [0.25, 0.3) is 5.91 Å². The fourth-order valence-corrected chi connectivity index (χ4v) is 2.57. The van der Waals surface area contributed by atoms with Gasteiger partial charge >= 0.3 is 0 Å². The molecule has 0 bridgehead atoms. The summed E-state index contributed by atoms with van der Waals surface area (Å²) in [6.07, 6.45) is 0. The quantitative estimate of drug-likeness (QED) is 0.711. The molecule has 3 N–H and O–H groups in total. The van der Waals surface area contributed by atoms with E-state index in [9.17, 15) is 9.90 Å². The summed E-state index contributed by atoms with van der Waals surface area (Å²) in [5.41, 5.74) is 1.72. The van der Waals surface area contributed by atoms with Crippen molar-refractivity contribution in [2.45, 2.75) is 52.6 Å². The van der Waals surface area contributed by atoms with E-state index in [-0.39, 0.29) is 35.7 Å². The highest BCUT2D eigenvalue weighted by Gasteiger charge is 2.28. The van der Waals surface area contributed by atoms with Gasteiger partial charge in [-0.15, -0.1) is 0 Å². The van der Waals surface area contributed by atoms with E-state index in [2.05, 4.69) is 20.8 Å². The van der Waals surface area contributed by atoms with Crippen LogP contribution in [0.2, 0.25) is 0 Å². The fraction of sp³-hybridized carbons (Fsp3) is 0.611. The average molecular weight is 343 g/mol. The molecule has 1 rings (SSSR count). The standard InChI is InChI=1S/C18H30N2O2.ClH/c1-12(2)15(17(22)20(6)7)19-11-13-9-8-10-14(16(13)21)18(3,4)5;/h8-10,12,15,19,21H,11H2,1-7H3;1H. The number of phenols is 1. The maximum Gasteiger partial charge on any atom is 0.280 e. The zero-order valence-corrected chi connectivity index (χ0v) is 16.1. The van der Waals surface area contributed by atoms with E-state index >= 15 is 0 Å². The Kier molecular flexibility index (Phi) is 8.08. The summed E-state index contributed by atoms with van der Waals surface area (Å²) in [4.78, 5) is 13.9. The molecule has 0 saturated heterocycles. The number of benzene rings is 1. The monoisotopic (exact) mass is 342 g/mol. The predicted octanol–water partition coefficient (Wildman–Crippen LogP) is -1.13. The number of likely N-dealkylation sites (N-methyl/N-ethyl adjacent to an activating group) is 1. The summed E-state index contributed by atoms with van der Waals surface area (Å²) in [5.74, 6) is 0.704. The number of aromatic hydroxyl groups is 1. The third-order valence-corrected chi connectivity index (χ3v) is 3.96. The molecule has 4 nitrogen and oxygen atoms in total. The highest BCUT2D eigenvalue weighted by atomic mass is 35.5. The summed E-state index contributed by atoms with van der Waals surface area (Å²) < 4.78 is 0. The van der Waals surface area contributed by atoms with E-state index in [4.69, 9.17) is 0 Å². The Morgan fingerprint density at radius 3 is 2.26 bits per heavy atom. The number of carbonyl (C=O) groups excluding carboxylic acids is 1. The smallest absolute Gasteiger partial charge is 0.280 e. The van der Waals surface area contributed by atoms with Crippen LogP contribution in [0.5, 0.6) is 5.75 Å². The summed E-state index contributed by atoms with van der Waals surface area (Å²) in [6, 6.07) is 5.73. The van der Waals surface area contributed by atoms with Crippen molar-refractivity contribution in [3.8, 4) is 5.75 Å². The lowest BCUT2D eigenvalue weighted by Crippen LogP contribution is -3.00. The molecule has 132 valence electrons. The average Bonchev–Trinajstić information content (AvgIpc) is 2.38. The SMILES string of the molecule is CC(C)C([NH2+]Cc1cccc(C(C)(C)C)c1O)C(=O)N(C)C.[Cl-]. The summed E-state index contributed by atoms with van der Waals surface area (Å²) in [7, 11) is 3.56. The van der Waals surface area contributed by atoms with Gasteiger partial charge in [-0.2, -0.15) is 0 Å². The third kappa shape index (κ3) is 5.70. The lowest BCUT2D eigenvalue weighted by molar-refractivity contribution is -0.698. The molecule has 1 atom stereocenters. The van der Waals surface area contributed by atoms with Crippen LogP contribution in [0.25, 0.3) is 0 Å². The minimum absolute atomic E-state index is 0. The maximum absolute atomic E-state index is 12.2. The number of hydrogen-bond donors (Lipinski definition) is 2. The Balaban J connectivity index is 0.00000484. The van der Waals surface area contributed by atoms with Crippen LogP contribution in [0.15, 0.2) is 18.2 Å². The van der Waals surface area contributed by atoms with Gasteiger partial charge in [0.2, 0.25) is 0 Å². The van der Waals surface area contributed by atoms with Crippen LogP contribution in [0.3, 0.4) is 0 Å². The van der Waals surface area contributed by atoms with Crippen molar-refractivity contribution in [2.24, 2.45) is 5.92 Å². The first-order valence-electron chi connectivity index (χ1n) is 7.91. The van der Waals surface area contributed by atoms with Crippen LogP contribution in [-0.2, 0) is 16.8 Å². The zero-order valence-electron chi connectivity index (χ0n) is 15.4. The van der Waals surface area contributed by atoms with Crippen LogP contribution >= 0.6 is 0 Å². The minimum Gasteiger partial charge on any atom is -1.00 e. The number of para-hydroxylation sites is 1. The third-order valence-electron chi connectivity index (χ3n) is 3.96. The number of nitrogens with zero attached hydrogens (tertiary/aromatic N) is 1. The van der Waals surface area contributed by atoms with Gasteiger partial charge in [0, 0.05) is 25.6 Å². The second-order valence-electron chi connectivity index (χ2n) is 7.51. The van der Waals surface area contributed by atoms with Crippen LogP contribution in [0.1, 0.15) is 45.7 Å². The summed E-state index contributed by atoms with van der Waals surface area (Å²) in [5, 5.41) is 12.5. The van der Waals surface area contributed by atoms with Gasteiger partial charge in [-0.3, -0.25) is 4.79 Å². The van der Waals surface area contributed by atoms with E-state index in [1.165, 1.54) is 0 Å². The Bertz CT molecular complexity index is 522. The molecule has 0 aromatic heterocycles. The highest BCUT2D eigenvalue weighted by molar-refractivity contribution is 5.80. The molecule has 0 aliphatic carbocycles. The lowest BCUT2D eigenvalue weighted by Gasteiger charge is -2.24. The number of amides is 1. The molecule has 0 saturated carbocycles. The van der Waals surface area contributed by atoms with Gasteiger partial charge in [0.15, 0.2) is 6.04 Å². The molecule has 0 aliphatic heterocycles. The van der Waals surface area contributed by atoms with Gasteiger partial charge in [-0.1, -0.05) is 46.8 Å². The molecule has 0 radical (unpaired) electrons. The molecule has 5 heteroatoms. The van der Waals surface area contributed by atoms with Crippen molar-refractivity contribution in [1.82, 2.24) is 4.90 Å². The number of hydrogen-bond acceptors (Lipinski definition) is 2. The molecule has 0 aliphatic rings. The number of nitrogens with two attached hydrogens (primary N) is 1. The maximum atomic E-state index is 12.2. The van der Waals surface area contributed by atoms with Gasteiger partial charge in [0.05, 0.1) is 0 Å². The first kappa shape index (κ1) is 21.7. The van der Waals surface area contributed by atoms with E-state index in [1.54, 1.807) is 19.0 Å². The predicted molar refractivity (Wildman–Crippen MR) is 89.8 cm³/mol. The number of quaternary nitrogens is 1. The molecule has 1 aromatic rings. The number of halogens is 1. The molecular weight excluding hydrogens is 312 g/mol. The number of phenolic OH excluding ortho intramolecular Hbond substituents is 1. The molecule has 1 aromatic carbocycles. The van der Waals surface area contributed by atoms with Crippen LogP contribution < -0.4 is 17.7 Å². The topological polar surface area (TPSA) is 57.2 Å². The largest absolute Gasteiger partial charge is 1.00 e. The Hall–Kier alpha value is -1.26. The van der Waals surface area contributed by atoms with Crippen molar-refractivity contribution < 1.29 is 27.6 Å². The second-order valence-corrected chi connectivity index (χ2v) is 7.51. The molecule has 23 heavy (non-hydrogen) atoms. The lowest BCUT2D eigenvalue weighted by atomic mass is 9.85. The first-order valence-corrected chi connectivity index (χ1v) is 7.91. The van der Waals surface area contributed by atoms with Crippen LogP contribution in [-0.4, -0.2) is 36.1 Å². The van der Waals surface area contributed by atoms with Gasteiger partial charge in [-0.05, 0) is 17.0 Å². The normalized spacial score (nSPS) is 12.7. The van der Waals surface area contributed by atoms with E-state index in [1.807, 2.05) is 37.4 Å². The fourth-order valence-electron chi connectivity index (χ4n) is 2.57. The highest BCUT2D eigenvalue weighted by Crippen LogP contribution is 2.32. The number of carbonyl (C=O) groups is 1. The van der Waals surface area contributed by atoms with Crippen LogP contribution in [0.4, 0.5) is 0 Å². The molecule has 0 heterocycles. The van der Waals surface area contributed by atoms with Crippen molar-refractivity contribution >= 4 is 5.91 Å². The van der Waals surface area contributed by atoms with Crippen LogP contribution in [0, 0.1) is 5.92 Å². The zero-order chi connectivity index (χ0) is 17.1. The van der Waals surface area contributed by atoms with Crippen molar-refractivity contribution in [3.05, 3.63) is 29.3 Å². The molecule has 0 fully saturated rings. The number of rotatable bonds is 5. The van der Waals surface area contributed by atoms with Crippen molar-refractivity contribution in [1.29, 1.82) is 0 Å². The summed E-state index contributed by atoms with van der Waals surface area (Å²) in [6.45, 7) is 11.0. The van der Waals surface area contributed by atoms with Gasteiger partial charge in [0.1, 0.15) is 12.3 Å². The molecular formula is C18H31ClN2O2. The molecule has 1 amide bonds. The Morgan fingerprint density at radius 2 is 1.83 bits per heavy atom. The second kappa shape index (κ2) is 8.55. The summed E-state index contributed by atoms with van der Waals surface area (Å²) >= 11 is 0. The van der Waals surface area contributed by atoms with Gasteiger partial charge < -0.3 is 27.7 Å². The van der Waals surface area contributed by atoms with Gasteiger partial charge in [-0.25, -0.2) is 0 Å². The van der Waals surface area contributed by atoms with E-state index in [0.29, 0.717) is 12.3 Å². The first-order chi connectivity index (χ1) is 10.1. The van der Waals surface area contributed by atoms with E-state index < -0.39 is 0 Å². The minimum atomic E-state index is -0.132.